The number of nitrogens with one attached hydrogen (secondary N) is 1. The second-order valence-corrected chi connectivity index (χ2v) is 6.55. The highest BCUT2D eigenvalue weighted by molar-refractivity contribution is 5.75. The van der Waals surface area contributed by atoms with E-state index in [9.17, 15) is 14.0 Å². The van der Waals surface area contributed by atoms with Gasteiger partial charge < -0.3 is 5.32 Å². The van der Waals surface area contributed by atoms with Gasteiger partial charge >= 0.3 is 0 Å². The summed E-state index contributed by atoms with van der Waals surface area (Å²) in [7, 11) is 0. The fourth-order valence-electron chi connectivity index (χ4n) is 2.87. The van der Waals surface area contributed by atoms with Crippen LogP contribution in [0.2, 0.25) is 0 Å². The molecular formula is C18H18FN5O2. The molecule has 0 saturated heterocycles. The average molecular weight is 355 g/mol. The van der Waals surface area contributed by atoms with Gasteiger partial charge in [-0.15, -0.1) is 0 Å². The van der Waals surface area contributed by atoms with Crippen LogP contribution in [0.25, 0.3) is 5.52 Å². The minimum absolute atomic E-state index is 0.179. The highest BCUT2D eigenvalue weighted by Gasteiger charge is 2.27. The van der Waals surface area contributed by atoms with Crippen molar-refractivity contribution in [1.29, 1.82) is 0 Å². The van der Waals surface area contributed by atoms with Gasteiger partial charge in [-0.25, -0.2) is 13.6 Å². The van der Waals surface area contributed by atoms with Crippen LogP contribution >= 0.6 is 0 Å². The number of carbonyl (C=O) groups excluding carboxylic acids is 1. The zero-order valence-corrected chi connectivity index (χ0v) is 14.3. The molecule has 1 aromatic carbocycles. The molecule has 8 heteroatoms. The largest absolute Gasteiger partial charge is 0.350 e. The molecule has 2 heterocycles. The van der Waals surface area contributed by atoms with Crippen molar-refractivity contribution in [3.63, 3.8) is 0 Å². The molecule has 0 aliphatic heterocycles. The number of halogens is 1. The van der Waals surface area contributed by atoms with E-state index < -0.39 is 0 Å². The Morgan fingerprint density at radius 1 is 1.27 bits per heavy atom. The molecule has 7 nitrogen and oxygen atoms in total. The summed E-state index contributed by atoms with van der Waals surface area (Å²) in [5.74, 6) is 0.319. The Labute approximate surface area is 148 Å². The number of benzene rings is 1. The lowest BCUT2D eigenvalue weighted by Crippen LogP contribution is -2.34. The third-order valence-corrected chi connectivity index (χ3v) is 4.45. The van der Waals surface area contributed by atoms with Crippen molar-refractivity contribution in [2.45, 2.75) is 38.8 Å². The van der Waals surface area contributed by atoms with Crippen LogP contribution in [0.1, 0.15) is 35.8 Å². The van der Waals surface area contributed by atoms with Crippen LogP contribution < -0.4 is 10.9 Å². The Kier molecular flexibility index (Phi) is 4.02. The quantitative estimate of drug-likeness (QED) is 0.753. The Morgan fingerprint density at radius 2 is 2.00 bits per heavy atom. The number of fused-ring (bicyclic) bond motifs is 1. The summed E-state index contributed by atoms with van der Waals surface area (Å²) in [5, 5.41) is 11.4. The first-order valence-corrected chi connectivity index (χ1v) is 8.50. The third-order valence-electron chi connectivity index (χ3n) is 4.45. The van der Waals surface area contributed by atoms with Gasteiger partial charge in [0.15, 0.2) is 0 Å². The number of amides is 1. The van der Waals surface area contributed by atoms with E-state index in [1.807, 2.05) is 0 Å². The average Bonchev–Trinajstić information content (AvgIpc) is 3.37. The minimum Gasteiger partial charge on any atom is -0.350 e. The molecule has 0 atom stereocenters. The maximum Gasteiger partial charge on any atom is 0.293 e. The van der Waals surface area contributed by atoms with Crippen LogP contribution in [0.5, 0.6) is 0 Å². The first-order chi connectivity index (χ1) is 12.5. The zero-order valence-electron chi connectivity index (χ0n) is 14.3. The Bertz CT molecular complexity index is 1030. The standard InChI is InChI=1S/C18H18FN5O2/c1-11-21-23(10-17(25)20-9-12-2-6-14(19)7-3-12)18(26)16-8-15(13-4-5-13)22-24(11)16/h2-3,6-8,13H,4-5,9-10H2,1H3,(H,20,25). The lowest BCUT2D eigenvalue weighted by molar-refractivity contribution is -0.122. The summed E-state index contributed by atoms with van der Waals surface area (Å²) in [6.45, 7) is 1.83. The first-order valence-electron chi connectivity index (χ1n) is 8.50. The van der Waals surface area contributed by atoms with E-state index in [0.29, 0.717) is 17.3 Å². The fraction of sp³-hybridized carbons (Fsp3) is 0.333. The van der Waals surface area contributed by atoms with E-state index >= 15 is 0 Å². The smallest absolute Gasteiger partial charge is 0.293 e. The van der Waals surface area contributed by atoms with Crippen molar-refractivity contribution < 1.29 is 9.18 Å². The molecule has 1 N–H and O–H groups in total. The molecule has 3 aromatic rings. The molecule has 1 fully saturated rings. The number of hydrogen-bond acceptors (Lipinski definition) is 4. The van der Waals surface area contributed by atoms with Gasteiger partial charge in [-0.05, 0) is 43.5 Å². The molecule has 0 bridgehead atoms. The maximum absolute atomic E-state index is 12.9. The summed E-state index contributed by atoms with van der Waals surface area (Å²) >= 11 is 0. The predicted molar refractivity (Wildman–Crippen MR) is 92.2 cm³/mol. The number of aromatic nitrogens is 4. The number of rotatable bonds is 5. The Balaban J connectivity index is 1.51. The molecule has 1 aliphatic rings. The van der Waals surface area contributed by atoms with Crippen molar-refractivity contribution in [1.82, 2.24) is 24.7 Å². The van der Waals surface area contributed by atoms with Crippen molar-refractivity contribution in [3.05, 3.63) is 63.6 Å². The van der Waals surface area contributed by atoms with Gasteiger partial charge in [-0.2, -0.15) is 10.2 Å². The van der Waals surface area contributed by atoms with Gasteiger partial charge in [-0.1, -0.05) is 12.1 Å². The zero-order chi connectivity index (χ0) is 18.3. The Hall–Kier alpha value is -3.03. The second kappa shape index (κ2) is 6.36. The lowest BCUT2D eigenvalue weighted by atomic mass is 10.2. The van der Waals surface area contributed by atoms with Gasteiger partial charge in [0.25, 0.3) is 5.56 Å². The van der Waals surface area contributed by atoms with E-state index in [2.05, 4.69) is 15.5 Å². The SMILES string of the molecule is Cc1nn(CC(=O)NCc2ccc(F)cc2)c(=O)c2cc(C3CC3)nn12. The molecule has 1 aliphatic carbocycles. The summed E-state index contributed by atoms with van der Waals surface area (Å²) in [5.41, 5.74) is 1.78. The van der Waals surface area contributed by atoms with E-state index in [4.69, 9.17) is 0 Å². The lowest BCUT2D eigenvalue weighted by Gasteiger charge is -2.08. The van der Waals surface area contributed by atoms with Gasteiger partial charge in [-0.3, -0.25) is 9.59 Å². The topological polar surface area (TPSA) is 81.3 Å². The molecule has 134 valence electrons. The summed E-state index contributed by atoms with van der Waals surface area (Å²) in [6, 6.07) is 7.66. The normalized spacial score (nSPS) is 13.9. The van der Waals surface area contributed by atoms with E-state index in [1.165, 1.54) is 12.1 Å². The molecule has 1 amide bonds. The van der Waals surface area contributed by atoms with Crippen LogP contribution in [0, 0.1) is 12.7 Å². The van der Waals surface area contributed by atoms with Crippen LogP contribution in [0.3, 0.4) is 0 Å². The first kappa shape index (κ1) is 16.4. The molecule has 0 unspecified atom stereocenters. The molecule has 4 rings (SSSR count). The maximum atomic E-state index is 12.9. The fourth-order valence-corrected chi connectivity index (χ4v) is 2.87. The van der Waals surface area contributed by atoms with Gasteiger partial charge in [0.1, 0.15) is 23.7 Å². The minimum atomic E-state index is -0.341. The number of aryl methyl sites for hydroxylation is 1. The number of carbonyl (C=O) groups is 1. The summed E-state index contributed by atoms with van der Waals surface area (Å²) < 4.78 is 15.6. The van der Waals surface area contributed by atoms with Crippen molar-refractivity contribution in [3.8, 4) is 0 Å². The van der Waals surface area contributed by atoms with E-state index in [1.54, 1.807) is 29.6 Å². The predicted octanol–water partition coefficient (Wildman–Crippen LogP) is 1.53. The molecule has 0 radical (unpaired) electrons. The van der Waals surface area contributed by atoms with Gasteiger partial charge in [0, 0.05) is 12.5 Å². The highest BCUT2D eigenvalue weighted by Crippen LogP contribution is 2.39. The van der Waals surface area contributed by atoms with E-state index in [0.717, 1.165) is 28.8 Å². The van der Waals surface area contributed by atoms with Crippen LogP contribution in [0.4, 0.5) is 4.39 Å². The number of nitrogens with zero attached hydrogens (tertiary/aromatic N) is 4. The van der Waals surface area contributed by atoms with Gasteiger partial charge in [0.05, 0.1) is 5.69 Å². The monoisotopic (exact) mass is 355 g/mol. The van der Waals surface area contributed by atoms with E-state index in [-0.39, 0.29) is 30.4 Å². The van der Waals surface area contributed by atoms with Crippen molar-refractivity contribution in [2.75, 3.05) is 0 Å². The van der Waals surface area contributed by atoms with Crippen LogP contribution in [-0.4, -0.2) is 25.3 Å². The molecule has 2 aromatic heterocycles. The van der Waals surface area contributed by atoms with Crippen LogP contribution in [-0.2, 0) is 17.9 Å². The highest BCUT2D eigenvalue weighted by atomic mass is 19.1. The summed E-state index contributed by atoms with van der Waals surface area (Å²) in [6.07, 6.45) is 2.19. The van der Waals surface area contributed by atoms with Gasteiger partial charge in [0.2, 0.25) is 5.91 Å². The van der Waals surface area contributed by atoms with Crippen LogP contribution in [0.15, 0.2) is 35.1 Å². The second-order valence-electron chi connectivity index (χ2n) is 6.55. The third kappa shape index (κ3) is 3.22. The molecule has 0 spiro atoms. The molecular weight excluding hydrogens is 337 g/mol. The summed E-state index contributed by atoms with van der Waals surface area (Å²) in [4.78, 5) is 24.8. The van der Waals surface area contributed by atoms with Crippen molar-refractivity contribution in [2.24, 2.45) is 0 Å². The molecule has 26 heavy (non-hydrogen) atoms. The number of hydrogen-bond donors (Lipinski definition) is 1. The van der Waals surface area contributed by atoms with Crippen molar-refractivity contribution >= 4 is 11.4 Å². The molecule has 1 saturated carbocycles. The Morgan fingerprint density at radius 3 is 2.69 bits per heavy atom.